The molecule has 1 aliphatic rings. The van der Waals surface area contributed by atoms with E-state index >= 15 is 0 Å². The van der Waals surface area contributed by atoms with Gasteiger partial charge < -0.3 is 26.2 Å². The van der Waals surface area contributed by atoms with Crippen molar-refractivity contribution in [2.45, 2.75) is 63.8 Å². The van der Waals surface area contributed by atoms with Gasteiger partial charge in [0.25, 0.3) is 0 Å². The van der Waals surface area contributed by atoms with Gasteiger partial charge in [0.05, 0.1) is 0 Å². The fourth-order valence-electron chi connectivity index (χ4n) is 2.15. The minimum Gasteiger partial charge on any atom is -0.444 e. The summed E-state index contributed by atoms with van der Waals surface area (Å²) in [5.41, 5.74) is 4.46. The molecule has 0 saturated heterocycles. The van der Waals surface area contributed by atoms with E-state index in [0.29, 0.717) is 0 Å². The molecule has 0 aromatic heterocycles. The van der Waals surface area contributed by atoms with E-state index < -0.39 is 23.7 Å². The van der Waals surface area contributed by atoms with Gasteiger partial charge in [-0.25, -0.2) is 4.79 Å². The molecule has 7 nitrogen and oxygen atoms in total. The maximum absolute atomic E-state index is 11.6. The van der Waals surface area contributed by atoms with Crippen LogP contribution in [0.5, 0.6) is 0 Å². The van der Waals surface area contributed by atoms with Crippen molar-refractivity contribution in [1.82, 2.24) is 10.6 Å². The zero-order valence-corrected chi connectivity index (χ0v) is 12.3. The first kappa shape index (κ1) is 16.7. The zero-order valence-electron chi connectivity index (χ0n) is 12.3. The number of hydrogen-bond donors (Lipinski definition) is 4. The highest BCUT2D eigenvalue weighted by atomic mass is 16.6. The van der Waals surface area contributed by atoms with Gasteiger partial charge in [0.15, 0.2) is 0 Å². The summed E-state index contributed by atoms with van der Waals surface area (Å²) in [5, 5.41) is 15.2. The van der Waals surface area contributed by atoms with Gasteiger partial charge in [0.2, 0.25) is 5.91 Å². The molecule has 1 saturated carbocycles. The average Bonchev–Trinajstić information content (AvgIpc) is 2.70. The van der Waals surface area contributed by atoms with Crippen molar-refractivity contribution in [3.8, 4) is 0 Å². The standard InChI is InChI=1S/C13H25N3O4/c1-13(2,3)20-12(19)16-9-5-4-8(6-9)15-7-10(17)11(14)18/h8-10,15,17H,4-7H2,1-3H3,(H2,14,18)(H,16,19). The Morgan fingerprint density at radius 1 is 1.35 bits per heavy atom. The molecule has 2 amide bonds. The molecular weight excluding hydrogens is 262 g/mol. The van der Waals surface area contributed by atoms with Crippen molar-refractivity contribution < 1.29 is 19.4 Å². The average molecular weight is 287 g/mol. The molecule has 0 spiro atoms. The Hall–Kier alpha value is -1.34. The van der Waals surface area contributed by atoms with Crippen molar-refractivity contribution in [2.24, 2.45) is 5.73 Å². The van der Waals surface area contributed by atoms with Crippen molar-refractivity contribution in [2.75, 3.05) is 6.54 Å². The molecule has 0 aromatic carbocycles. The molecule has 5 N–H and O–H groups in total. The molecule has 0 aliphatic heterocycles. The van der Waals surface area contributed by atoms with E-state index in [1.165, 1.54) is 0 Å². The molecule has 0 aromatic rings. The summed E-state index contributed by atoms with van der Waals surface area (Å²) in [7, 11) is 0. The lowest BCUT2D eigenvalue weighted by Crippen LogP contribution is -2.42. The maximum atomic E-state index is 11.6. The van der Waals surface area contributed by atoms with Gasteiger partial charge in [-0.05, 0) is 40.0 Å². The molecular formula is C13H25N3O4. The molecule has 7 heteroatoms. The van der Waals surface area contributed by atoms with Crippen molar-refractivity contribution in [1.29, 1.82) is 0 Å². The Balaban J connectivity index is 2.26. The number of rotatable bonds is 5. The van der Waals surface area contributed by atoms with Gasteiger partial charge in [0, 0.05) is 18.6 Å². The zero-order chi connectivity index (χ0) is 15.3. The van der Waals surface area contributed by atoms with Crippen molar-refractivity contribution in [3.05, 3.63) is 0 Å². The van der Waals surface area contributed by atoms with E-state index in [-0.39, 0.29) is 18.6 Å². The number of carbonyl (C=O) groups excluding carboxylic acids is 2. The Bertz CT molecular complexity index is 354. The summed E-state index contributed by atoms with van der Waals surface area (Å²) in [6, 6.07) is 0.206. The number of hydrogen-bond acceptors (Lipinski definition) is 5. The van der Waals surface area contributed by atoms with Gasteiger partial charge in [-0.2, -0.15) is 0 Å². The summed E-state index contributed by atoms with van der Waals surface area (Å²) in [6.45, 7) is 5.59. The van der Waals surface area contributed by atoms with Gasteiger partial charge in [-0.1, -0.05) is 0 Å². The highest BCUT2D eigenvalue weighted by molar-refractivity contribution is 5.78. The monoisotopic (exact) mass is 287 g/mol. The molecule has 116 valence electrons. The van der Waals surface area contributed by atoms with Crippen LogP contribution in [0.15, 0.2) is 0 Å². The van der Waals surface area contributed by atoms with Crippen molar-refractivity contribution >= 4 is 12.0 Å². The molecule has 0 heterocycles. The molecule has 1 rings (SSSR count). The summed E-state index contributed by atoms with van der Waals surface area (Å²) in [5.74, 6) is -0.737. The first-order valence-electron chi connectivity index (χ1n) is 6.87. The fourth-order valence-corrected chi connectivity index (χ4v) is 2.15. The lowest BCUT2D eigenvalue weighted by Gasteiger charge is -2.22. The van der Waals surface area contributed by atoms with Crippen LogP contribution in [0.3, 0.4) is 0 Å². The highest BCUT2D eigenvalue weighted by Gasteiger charge is 2.28. The van der Waals surface area contributed by atoms with E-state index in [2.05, 4.69) is 10.6 Å². The summed E-state index contributed by atoms with van der Waals surface area (Å²) >= 11 is 0. The Morgan fingerprint density at radius 2 is 1.95 bits per heavy atom. The SMILES string of the molecule is CC(C)(C)OC(=O)NC1CCC(NCC(O)C(N)=O)C1. The third kappa shape index (κ3) is 6.21. The van der Waals surface area contributed by atoms with E-state index in [1.54, 1.807) is 0 Å². The minimum absolute atomic E-state index is 0.0491. The van der Waals surface area contributed by atoms with Crippen LogP contribution in [-0.2, 0) is 9.53 Å². The number of aliphatic hydroxyl groups is 1. The van der Waals surface area contributed by atoms with Crippen LogP contribution in [0.4, 0.5) is 4.79 Å². The number of carbonyl (C=O) groups is 2. The quantitative estimate of drug-likeness (QED) is 0.562. The van der Waals surface area contributed by atoms with Crippen LogP contribution < -0.4 is 16.4 Å². The van der Waals surface area contributed by atoms with Crippen LogP contribution in [0, 0.1) is 0 Å². The van der Waals surface area contributed by atoms with E-state index in [9.17, 15) is 14.7 Å². The summed E-state index contributed by atoms with van der Waals surface area (Å²) in [6.07, 6.45) is 0.855. The Kier molecular flexibility index (Phi) is 5.76. The van der Waals surface area contributed by atoms with Crippen LogP contribution in [0.2, 0.25) is 0 Å². The van der Waals surface area contributed by atoms with Gasteiger partial charge in [-0.3, -0.25) is 4.79 Å². The minimum atomic E-state index is -1.17. The first-order valence-corrected chi connectivity index (χ1v) is 6.87. The Morgan fingerprint density at radius 3 is 2.50 bits per heavy atom. The third-order valence-electron chi connectivity index (χ3n) is 3.08. The number of aliphatic hydroxyl groups excluding tert-OH is 1. The highest BCUT2D eigenvalue weighted by Crippen LogP contribution is 2.19. The molecule has 20 heavy (non-hydrogen) atoms. The van der Waals surface area contributed by atoms with Crippen LogP contribution in [0.1, 0.15) is 40.0 Å². The second-order valence-corrected chi connectivity index (χ2v) is 6.18. The lowest BCUT2D eigenvalue weighted by molar-refractivity contribution is -0.125. The van der Waals surface area contributed by atoms with Crippen LogP contribution in [0.25, 0.3) is 0 Å². The second kappa shape index (κ2) is 6.90. The number of amides is 2. The van der Waals surface area contributed by atoms with Crippen molar-refractivity contribution in [3.63, 3.8) is 0 Å². The van der Waals surface area contributed by atoms with Gasteiger partial charge in [-0.15, -0.1) is 0 Å². The predicted octanol–water partition coefficient (Wildman–Crippen LogP) is -0.132. The third-order valence-corrected chi connectivity index (χ3v) is 3.08. The number of ether oxygens (including phenoxy) is 1. The van der Waals surface area contributed by atoms with E-state index in [1.807, 2.05) is 20.8 Å². The first-order chi connectivity index (χ1) is 9.17. The van der Waals surface area contributed by atoms with Crippen LogP contribution in [-0.4, -0.2) is 47.4 Å². The molecule has 3 atom stereocenters. The number of nitrogens with two attached hydrogens (primary N) is 1. The van der Waals surface area contributed by atoms with E-state index in [4.69, 9.17) is 10.5 Å². The Labute approximate surface area is 119 Å². The number of primary amides is 1. The number of nitrogens with one attached hydrogen (secondary N) is 2. The predicted molar refractivity (Wildman–Crippen MR) is 74.0 cm³/mol. The van der Waals surface area contributed by atoms with Crippen LogP contribution >= 0.6 is 0 Å². The van der Waals surface area contributed by atoms with Gasteiger partial charge in [0.1, 0.15) is 11.7 Å². The molecule has 3 unspecified atom stereocenters. The maximum Gasteiger partial charge on any atom is 0.407 e. The molecule has 1 fully saturated rings. The number of alkyl carbamates (subject to hydrolysis) is 1. The fraction of sp³-hybridized carbons (Fsp3) is 0.846. The lowest BCUT2D eigenvalue weighted by atomic mass is 10.2. The second-order valence-electron chi connectivity index (χ2n) is 6.18. The molecule has 0 radical (unpaired) electrons. The smallest absolute Gasteiger partial charge is 0.407 e. The van der Waals surface area contributed by atoms with Gasteiger partial charge >= 0.3 is 6.09 Å². The largest absolute Gasteiger partial charge is 0.444 e. The summed E-state index contributed by atoms with van der Waals surface area (Å²) in [4.78, 5) is 22.3. The van der Waals surface area contributed by atoms with E-state index in [0.717, 1.165) is 19.3 Å². The normalized spacial score (nSPS) is 24.2. The summed E-state index contributed by atoms with van der Waals surface area (Å²) < 4.78 is 5.19. The molecule has 0 bridgehead atoms. The molecule has 1 aliphatic carbocycles. The topological polar surface area (TPSA) is 114 Å².